The van der Waals surface area contributed by atoms with Gasteiger partial charge in [-0.1, -0.05) is 23.8 Å². The zero-order valence-electron chi connectivity index (χ0n) is 19.2. The SMILES string of the molecule is C/C(=C\C=C(/C)C(F)F)CN1CCN(Cc2nc3ccc(C4CCNCC4)cc3[nH]2)CC1. The summed E-state index contributed by atoms with van der Waals surface area (Å²) in [6.45, 7) is 11.3. The van der Waals surface area contributed by atoms with Crippen molar-refractivity contribution in [3.8, 4) is 0 Å². The van der Waals surface area contributed by atoms with Gasteiger partial charge in [0.1, 0.15) is 5.82 Å². The van der Waals surface area contributed by atoms with Gasteiger partial charge in [0.15, 0.2) is 0 Å². The molecule has 2 fully saturated rings. The lowest BCUT2D eigenvalue weighted by molar-refractivity contribution is 0.133. The van der Waals surface area contributed by atoms with Gasteiger partial charge in [-0.3, -0.25) is 9.80 Å². The second kappa shape index (κ2) is 10.7. The maximum absolute atomic E-state index is 12.6. The van der Waals surface area contributed by atoms with Crippen molar-refractivity contribution in [2.24, 2.45) is 0 Å². The number of nitrogens with one attached hydrogen (secondary N) is 2. The summed E-state index contributed by atoms with van der Waals surface area (Å²) in [6, 6.07) is 6.69. The Bertz CT molecular complexity index is 950. The van der Waals surface area contributed by atoms with E-state index >= 15 is 0 Å². The highest BCUT2D eigenvalue weighted by Crippen LogP contribution is 2.27. The number of H-pyrrole nitrogens is 1. The van der Waals surface area contributed by atoms with Crippen LogP contribution in [0.3, 0.4) is 0 Å². The lowest BCUT2D eigenvalue weighted by Gasteiger charge is -2.34. The van der Waals surface area contributed by atoms with E-state index < -0.39 is 6.43 Å². The molecule has 174 valence electrons. The topological polar surface area (TPSA) is 47.2 Å². The molecule has 2 saturated heterocycles. The van der Waals surface area contributed by atoms with Crippen LogP contribution >= 0.6 is 0 Å². The minimum atomic E-state index is -2.38. The van der Waals surface area contributed by atoms with Gasteiger partial charge in [0.05, 0.1) is 17.6 Å². The van der Waals surface area contributed by atoms with Crippen LogP contribution in [0.15, 0.2) is 41.5 Å². The number of piperidine rings is 1. The quantitative estimate of drug-likeness (QED) is 0.627. The van der Waals surface area contributed by atoms with Crippen LogP contribution in [0.2, 0.25) is 0 Å². The van der Waals surface area contributed by atoms with Gasteiger partial charge in [-0.25, -0.2) is 13.8 Å². The summed E-state index contributed by atoms with van der Waals surface area (Å²) < 4.78 is 25.2. The number of nitrogens with zero attached hydrogens (tertiary/aromatic N) is 3. The lowest BCUT2D eigenvalue weighted by atomic mass is 9.90. The van der Waals surface area contributed by atoms with Crippen LogP contribution in [0, 0.1) is 0 Å². The van der Waals surface area contributed by atoms with Crippen molar-refractivity contribution in [1.29, 1.82) is 0 Å². The maximum atomic E-state index is 12.6. The molecule has 0 unspecified atom stereocenters. The van der Waals surface area contributed by atoms with Gasteiger partial charge in [0, 0.05) is 32.7 Å². The molecule has 32 heavy (non-hydrogen) atoms. The zero-order valence-corrected chi connectivity index (χ0v) is 19.2. The number of fused-ring (bicyclic) bond motifs is 1. The number of aromatic nitrogens is 2. The van der Waals surface area contributed by atoms with Crippen LogP contribution in [-0.2, 0) is 6.54 Å². The molecular weight excluding hydrogens is 408 g/mol. The second-order valence-electron chi connectivity index (χ2n) is 9.26. The Morgan fingerprint density at radius 3 is 2.53 bits per heavy atom. The predicted molar refractivity (Wildman–Crippen MR) is 126 cm³/mol. The summed E-state index contributed by atoms with van der Waals surface area (Å²) in [4.78, 5) is 13.2. The molecule has 5 nitrogen and oxygen atoms in total. The van der Waals surface area contributed by atoms with Gasteiger partial charge in [0.25, 0.3) is 6.43 Å². The number of piperazine rings is 1. The van der Waals surface area contributed by atoms with Crippen molar-refractivity contribution in [2.45, 2.75) is 45.6 Å². The van der Waals surface area contributed by atoms with Crippen LogP contribution in [0.5, 0.6) is 0 Å². The Morgan fingerprint density at radius 1 is 1.09 bits per heavy atom. The smallest absolute Gasteiger partial charge is 0.259 e. The molecular formula is C25H35F2N5. The summed E-state index contributed by atoms with van der Waals surface area (Å²) in [6.07, 6.45) is 3.38. The van der Waals surface area contributed by atoms with Gasteiger partial charge in [-0.15, -0.1) is 0 Å². The minimum Gasteiger partial charge on any atom is -0.341 e. The Labute approximate surface area is 189 Å². The van der Waals surface area contributed by atoms with E-state index in [-0.39, 0.29) is 5.57 Å². The summed E-state index contributed by atoms with van der Waals surface area (Å²) in [5, 5.41) is 3.44. The highest BCUT2D eigenvalue weighted by Gasteiger charge is 2.19. The van der Waals surface area contributed by atoms with Crippen molar-refractivity contribution in [1.82, 2.24) is 25.1 Å². The molecule has 3 heterocycles. The minimum absolute atomic E-state index is 0.114. The van der Waals surface area contributed by atoms with E-state index in [0.717, 1.165) is 74.8 Å². The average molecular weight is 444 g/mol. The van der Waals surface area contributed by atoms with Crippen LogP contribution in [0.1, 0.15) is 44.0 Å². The molecule has 0 atom stereocenters. The Balaban J connectivity index is 1.29. The summed E-state index contributed by atoms with van der Waals surface area (Å²) in [7, 11) is 0. The monoisotopic (exact) mass is 443 g/mol. The molecule has 0 spiro atoms. The van der Waals surface area contributed by atoms with Crippen molar-refractivity contribution in [2.75, 3.05) is 45.8 Å². The second-order valence-corrected chi connectivity index (χ2v) is 9.26. The molecule has 2 N–H and O–H groups in total. The number of rotatable bonds is 7. The molecule has 0 radical (unpaired) electrons. The van der Waals surface area contributed by atoms with Crippen molar-refractivity contribution < 1.29 is 8.78 Å². The van der Waals surface area contributed by atoms with E-state index in [9.17, 15) is 8.78 Å². The molecule has 0 saturated carbocycles. The highest BCUT2D eigenvalue weighted by atomic mass is 19.3. The van der Waals surface area contributed by atoms with Gasteiger partial charge < -0.3 is 10.3 Å². The first-order valence-corrected chi connectivity index (χ1v) is 11.7. The van der Waals surface area contributed by atoms with Gasteiger partial charge >= 0.3 is 0 Å². The molecule has 2 aliphatic heterocycles. The Hall–Kier alpha value is -2.09. The lowest BCUT2D eigenvalue weighted by Crippen LogP contribution is -2.46. The third kappa shape index (κ3) is 6.03. The summed E-state index contributed by atoms with van der Waals surface area (Å²) in [5.74, 6) is 1.67. The fraction of sp³-hybridized carbons (Fsp3) is 0.560. The van der Waals surface area contributed by atoms with Gasteiger partial charge in [0.2, 0.25) is 0 Å². The number of allylic oxidation sites excluding steroid dienone is 3. The molecule has 7 heteroatoms. The molecule has 1 aromatic heterocycles. The van der Waals surface area contributed by atoms with Crippen LogP contribution in [0.25, 0.3) is 11.0 Å². The largest absolute Gasteiger partial charge is 0.341 e. The van der Waals surface area contributed by atoms with E-state index in [1.54, 1.807) is 0 Å². The zero-order chi connectivity index (χ0) is 22.5. The van der Waals surface area contributed by atoms with Gasteiger partial charge in [-0.2, -0.15) is 0 Å². The summed E-state index contributed by atoms with van der Waals surface area (Å²) >= 11 is 0. The predicted octanol–water partition coefficient (Wildman–Crippen LogP) is 4.31. The first kappa shape index (κ1) is 23.1. The number of halogens is 2. The van der Waals surface area contributed by atoms with Crippen molar-refractivity contribution in [3.63, 3.8) is 0 Å². The average Bonchev–Trinajstić information content (AvgIpc) is 3.20. The Kier molecular flexibility index (Phi) is 7.71. The first-order valence-electron chi connectivity index (χ1n) is 11.7. The normalized spacial score (nSPS) is 20.5. The van der Waals surface area contributed by atoms with Crippen LogP contribution in [-0.4, -0.2) is 72.0 Å². The molecule has 1 aromatic carbocycles. The number of alkyl halides is 2. The fourth-order valence-electron chi connectivity index (χ4n) is 4.63. The van der Waals surface area contributed by atoms with Crippen molar-refractivity contribution >= 4 is 11.0 Å². The molecule has 0 amide bonds. The fourth-order valence-corrected chi connectivity index (χ4v) is 4.63. The number of hydrogen-bond acceptors (Lipinski definition) is 4. The number of benzene rings is 1. The Morgan fingerprint density at radius 2 is 1.81 bits per heavy atom. The maximum Gasteiger partial charge on any atom is 0.259 e. The van der Waals surface area contributed by atoms with E-state index in [0.29, 0.717) is 5.92 Å². The van der Waals surface area contributed by atoms with Crippen LogP contribution in [0.4, 0.5) is 8.78 Å². The number of imidazole rings is 1. The number of aromatic amines is 1. The van der Waals surface area contributed by atoms with E-state index in [2.05, 4.69) is 38.3 Å². The van der Waals surface area contributed by atoms with Crippen LogP contribution < -0.4 is 5.32 Å². The third-order valence-electron chi connectivity index (χ3n) is 6.65. The van der Waals surface area contributed by atoms with Gasteiger partial charge in [-0.05, 0) is 69.0 Å². The molecule has 0 bridgehead atoms. The van der Waals surface area contributed by atoms with E-state index in [4.69, 9.17) is 4.98 Å². The molecule has 0 aliphatic carbocycles. The highest BCUT2D eigenvalue weighted by molar-refractivity contribution is 5.76. The number of hydrogen-bond donors (Lipinski definition) is 2. The molecule has 2 aromatic rings. The molecule has 4 rings (SSSR count). The van der Waals surface area contributed by atoms with E-state index in [1.807, 2.05) is 13.0 Å². The standard InChI is InChI=1S/C25H35F2N5/c1-18(3-4-19(2)25(26)27)16-31-11-13-32(14-12-31)17-24-29-22-6-5-21(15-23(22)30-24)20-7-9-28-10-8-20/h3-6,15,20,25,28H,7-14,16-17H2,1-2H3,(H,29,30)/b18-3+,19-4+. The molecule has 2 aliphatic rings. The first-order chi connectivity index (χ1) is 15.5. The van der Waals surface area contributed by atoms with E-state index in [1.165, 1.54) is 31.4 Å². The van der Waals surface area contributed by atoms with Crippen molar-refractivity contribution in [3.05, 3.63) is 52.9 Å². The summed E-state index contributed by atoms with van der Waals surface area (Å²) in [5.41, 5.74) is 4.83. The third-order valence-corrected chi connectivity index (χ3v) is 6.65.